The van der Waals surface area contributed by atoms with Gasteiger partial charge >= 0.3 is 0 Å². The monoisotopic (exact) mass is 297 g/mol. The summed E-state index contributed by atoms with van der Waals surface area (Å²) in [5.41, 5.74) is 0.193. The summed E-state index contributed by atoms with van der Waals surface area (Å²) >= 11 is 0. The van der Waals surface area contributed by atoms with E-state index in [0.717, 1.165) is 45.3 Å². The molecule has 1 aromatic carbocycles. The summed E-state index contributed by atoms with van der Waals surface area (Å²) in [4.78, 5) is 0. The predicted molar refractivity (Wildman–Crippen MR) is 80.4 cm³/mol. The van der Waals surface area contributed by atoms with E-state index in [-0.39, 0.29) is 11.6 Å². The van der Waals surface area contributed by atoms with Crippen LogP contribution in [-0.2, 0) is 11.2 Å². The topological polar surface area (TPSA) is 21.3 Å². The average molecular weight is 297 g/mol. The lowest BCUT2D eigenvalue weighted by Gasteiger charge is -2.21. The maximum Gasteiger partial charge on any atom is 0.129 e. The third-order valence-electron chi connectivity index (χ3n) is 4.06. The van der Waals surface area contributed by atoms with E-state index in [1.807, 2.05) is 0 Å². The molecule has 0 spiro atoms. The van der Waals surface area contributed by atoms with E-state index in [0.29, 0.717) is 12.5 Å². The maximum absolute atomic E-state index is 13.8. The molecular weight excluding hydrogens is 272 g/mol. The Morgan fingerprint density at radius 2 is 2.10 bits per heavy atom. The second kappa shape index (κ2) is 8.44. The lowest BCUT2D eigenvalue weighted by atomic mass is 9.98. The standard InChI is InChI=1S/C17H25F2NO/c1-2-10-20-13(8-9-14-5-4-11-21-14)12-15-16(18)6-3-7-17(15)19/h3,6-7,13-14,20H,2,4-5,8-12H2,1H3. The molecule has 0 bridgehead atoms. The molecule has 0 radical (unpaired) electrons. The van der Waals surface area contributed by atoms with Gasteiger partial charge in [0, 0.05) is 18.2 Å². The Hall–Kier alpha value is -1.00. The van der Waals surface area contributed by atoms with Gasteiger partial charge in [-0.2, -0.15) is 0 Å². The third-order valence-corrected chi connectivity index (χ3v) is 4.06. The number of halogens is 2. The first kappa shape index (κ1) is 16.4. The molecule has 118 valence electrons. The summed E-state index contributed by atoms with van der Waals surface area (Å²) < 4.78 is 33.2. The molecule has 1 fully saturated rings. The van der Waals surface area contributed by atoms with Crippen molar-refractivity contribution in [1.29, 1.82) is 0 Å². The van der Waals surface area contributed by atoms with E-state index < -0.39 is 11.6 Å². The van der Waals surface area contributed by atoms with Crippen LogP contribution in [0.25, 0.3) is 0 Å². The zero-order chi connectivity index (χ0) is 15.1. The molecular formula is C17H25F2NO. The first-order valence-electron chi connectivity index (χ1n) is 7.98. The van der Waals surface area contributed by atoms with E-state index in [1.165, 1.54) is 18.2 Å². The van der Waals surface area contributed by atoms with Crippen molar-refractivity contribution < 1.29 is 13.5 Å². The Bertz CT molecular complexity index is 413. The smallest absolute Gasteiger partial charge is 0.129 e. The summed E-state index contributed by atoms with van der Waals surface area (Å²) in [7, 11) is 0. The SMILES string of the molecule is CCCNC(CCC1CCCO1)Cc1c(F)cccc1F. The van der Waals surface area contributed by atoms with Crippen LogP contribution in [0.4, 0.5) is 8.78 Å². The van der Waals surface area contributed by atoms with Crippen LogP contribution in [0.15, 0.2) is 18.2 Å². The van der Waals surface area contributed by atoms with Crippen LogP contribution in [0.1, 0.15) is 44.6 Å². The van der Waals surface area contributed by atoms with Gasteiger partial charge < -0.3 is 10.1 Å². The van der Waals surface area contributed by atoms with E-state index >= 15 is 0 Å². The van der Waals surface area contributed by atoms with Crippen molar-refractivity contribution >= 4 is 0 Å². The molecule has 1 aliphatic heterocycles. The highest BCUT2D eigenvalue weighted by molar-refractivity contribution is 5.20. The highest BCUT2D eigenvalue weighted by Crippen LogP contribution is 2.20. The third kappa shape index (κ3) is 5.04. The largest absolute Gasteiger partial charge is 0.378 e. The highest BCUT2D eigenvalue weighted by Gasteiger charge is 2.20. The van der Waals surface area contributed by atoms with Gasteiger partial charge in [-0.1, -0.05) is 13.0 Å². The Balaban J connectivity index is 1.94. The Labute approximate surface area is 125 Å². The molecule has 1 aliphatic rings. The molecule has 2 rings (SSSR count). The Morgan fingerprint density at radius 3 is 2.71 bits per heavy atom. The van der Waals surface area contributed by atoms with Crippen molar-refractivity contribution in [3.05, 3.63) is 35.4 Å². The van der Waals surface area contributed by atoms with Gasteiger partial charge in [-0.25, -0.2) is 8.78 Å². The first-order chi connectivity index (χ1) is 10.2. The molecule has 0 aromatic heterocycles. The number of ether oxygens (including phenoxy) is 1. The van der Waals surface area contributed by atoms with Gasteiger partial charge in [0.05, 0.1) is 6.10 Å². The second-order valence-electron chi connectivity index (χ2n) is 5.77. The Morgan fingerprint density at radius 1 is 1.33 bits per heavy atom. The molecule has 21 heavy (non-hydrogen) atoms. The Kier molecular flexibility index (Phi) is 6.58. The minimum absolute atomic E-state index is 0.0977. The van der Waals surface area contributed by atoms with E-state index in [9.17, 15) is 8.78 Å². The minimum atomic E-state index is -0.449. The van der Waals surface area contributed by atoms with E-state index in [2.05, 4.69) is 12.2 Å². The lowest BCUT2D eigenvalue weighted by molar-refractivity contribution is 0.0995. The average Bonchev–Trinajstić information content (AvgIpc) is 2.98. The summed E-state index contributed by atoms with van der Waals surface area (Å²) in [6.45, 7) is 3.81. The molecule has 1 N–H and O–H groups in total. The summed E-state index contributed by atoms with van der Waals surface area (Å²) in [6, 6.07) is 4.17. The molecule has 1 heterocycles. The van der Waals surface area contributed by atoms with Crippen molar-refractivity contribution in [1.82, 2.24) is 5.32 Å². The summed E-state index contributed by atoms with van der Waals surface area (Å²) in [5.74, 6) is -0.897. The van der Waals surface area contributed by atoms with Crippen molar-refractivity contribution in [2.45, 2.75) is 57.6 Å². The number of hydrogen-bond acceptors (Lipinski definition) is 2. The van der Waals surface area contributed by atoms with Crippen LogP contribution < -0.4 is 5.32 Å². The van der Waals surface area contributed by atoms with Crippen LogP contribution >= 0.6 is 0 Å². The van der Waals surface area contributed by atoms with Crippen LogP contribution in [0, 0.1) is 11.6 Å². The van der Waals surface area contributed by atoms with Gasteiger partial charge in [0.25, 0.3) is 0 Å². The number of nitrogens with one attached hydrogen (secondary N) is 1. The van der Waals surface area contributed by atoms with Crippen LogP contribution in [0.3, 0.4) is 0 Å². The summed E-state index contributed by atoms with van der Waals surface area (Å²) in [6.07, 6.45) is 5.80. The number of hydrogen-bond donors (Lipinski definition) is 1. The molecule has 0 aliphatic carbocycles. The van der Waals surface area contributed by atoms with Crippen molar-refractivity contribution in [2.24, 2.45) is 0 Å². The van der Waals surface area contributed by atoms with Crippen molar-refractivity contribution in [3.63, 3.8) is 0 Å². The van der Waals surface area contributed by atoms with Gasteiger partial charge in [-0.15, -0.1) is 0 Å². The highest BCUT2D eigenvalue weighted by atomic mass is 19.1. The minimum Gasteiger partial charge on any atom is -0.378 e. The molecule has 2 unspecified atom stereocenters. The molecule has 4 heteroatoms. The van der Waals surface area contributed by atoms with Crippen LogP contribution in [0.5, 0.6) is 0 Å². The van der Waals surface area contributed by atoms with Gasteiger partial charge in [-0.3, -0.25) is 0 Å². The normalized spacial score (nSPS) is 19.9. The molecule has 2 atom stereocenters. The molecule has 1 saturated heterocycles. The zero-order valence-corrected chi connectivity index (χ0v) is 12.7. The zero-order valence-electron chi connectivity index (χ0n) is 12.7. The van der Waals surface area contributed by atoms with Crippen LogP contribution in [-0.4, -0.2) is 25.3 Å². The lowest BCUT2D eigenvalue weighted by Crippen LogP contribution is -2.33. The first-order valence-corrected chi connectivity index (χ1v) is 7.98. The van der Waals surface area contributed by atoms with Crippen LogP contribution in [0.2, 0.25) is 0 Å². The fourth-order valence-corrected chi connectivity index (χ4v) is 2.86. The number of rotatable bonds is 8. The molecule has 0 saturated carbocycles. The fourth-order valence-electron chi connectivity index (χ4n) is 2.86. The van der Waals surface area contributed by atoms with Gasteiger partial charge in [0.15, 0.2) is 0 Å². The number of benzene rings is 1. The maximum atomic E-state index is 13.8. The second-order valence-corrected chi connectivity index (χ2v) is 5.77. The summed E-state index contributed by atoms with van der Waals surface area (Å²) in [5, 5.41) is 3.41. The van der Waals surface area contributed by atoms with E-state index in [4.69, 9.17) is 4.74 Å². The molecule has 2 nitrogen and oxygen atoms in total. The van der Waals surface area contributed by atoms with Gasteiger partial charge in [0.1, 0.15) is 11.6 Å². The van der Waals surface area contributed by atoms with E-state index in [1.54, 1.807) is 0 Å². The molecule has 1 aromatic rings. The predicted octanol–water partition coefficient (Wildman–Crippen LogP) is 3.83. The van der Waals surface area contributed by atoms with Crippen molar-refractivity contribution in [3.8, 4) is 0 Å². The van der Waals surface area contributed by atoms with Gasteiger partial charge in [0.2, 0.25) is 0 Å². The quantitative estimate of drug-likeness (QED) is 0.787. The van der Waals surface area contributed by atoms with Gasteiger partial charge in [-0.05, 0) is 57.2 Å². The van der Waals surface area contributed by atoms with Crippen molar-refractivity contribution in [2.75, 3.05) is 13.2 Å². The molecule has 0 amide bonds. The fraction of sp³-hybridized carbons (Fsp3) is 0.647.